The zero-order chi connectivity index (χ0) is 14.7. The fraction of sp³-hybridized carbons (Fsp3) is 0.267. The summed E-state index contributed by atoms with van der Waals surface area (Å²) in [5.41, 5.74) is 1.35. The van der Waals surface area contributed by atoms with Crippen molar-refractivity contribution in [2.24, 2.45) is 0 Å². The van der Waals surface area contributed by atoms with Gasteiger partial charge in [-0.15, -0.1) is 0 Å². The van der Waals surface area contributed by atoms with Crippen LogP contribution in [0, 0.1) is 0 Å². The van der Waals surface area contributed by atoms with E-state index in [1.54, 1.807) is 24.4 Å². The predicted molar refractivity (Wildman–Crippen MR) is 77.8 cm³/mol. The molecule has 0 aliphatic heterocycles. The number of carbonyl (C=O) groups excluding carboxylic acids is 1. The summed E-state index contributed by atoms with van der Waals surface area (Å²) in [6, 6.07) is 6.92. The first-order valence-corrected chi connectivity index (χ1v) is 6.30. The molecule has 5 nitrogen and oxygen atoms in total. The summed E-state index contributed by atoms with van der Waals surface area (Å²) in [5.74, 6) is 1.33. The van der Waals surface area contributed by atoms with Gasteiger partial charge >= 0.3 is 0 Å². The van der Waals surface area contributed by atoms with Crippen molar-refractivity contribution in [3.05, 3.63) is 36.0 Å². The number of phenolic OH excluding ortho intramolecular Hbond substituents is 1. The third-order valence-corrected chi connectivity index (χ3v) is 2.85. The van der Waals surface area contributed by atoms with E-state index in [0.29, 0.717) is 23.6 Å². The predicted octanol–water partition coefficient (Wildman–Crippen LogP) is 2.05. The average Bonchev–Trinajstić information content (AvgIpc) is 2.39. The number of hydrogen-bond donors (Lipinski definition) is 1. The molecule has 0 fully saturated rings. The van der Waals surface area contributed by atoms with Crippen LogP contribution in [0.25, 0.3) is 11.4 Å². The van der Waals surface area contributed by atoms with E-state index in [-0.39, 0.29) is 11.5 Å². The summed E-state index contributed by atoms with van der Waals surface area (Å²) in [7, 11) is 3.72. The maximum atomic E-state index is 11.3. The highest BCUT2D eigenvalue weighted by Crippen LogP contribution is 2.27. The highest BCUT2D eigenvalue weighted by Gasteiger charge is 2.13. The molecule has 0 unspecified atom stereocenters. The number of phenols is 1. The maximum Gasteiger partial charge on any atom is 0.165 e. The highest BCUT2D eigenvalue weighted by molar-refractivity contribution is 5.80. The van der Waals surface area contributed by atoms with Crippen LogP contribution in [-0.2, 0) is 11.2 Å². The number of ketones is 1. The standard InChI is InChI=1S/C15H17N3O2/c1-10(19)8-11-9-16-14(17-15(11)18(2)3)12-6-4-5-7-13(12)20/h4-7,9,20H,8H2,1-3H3. The zero-order valence-corrected chi connectivity index (χ0v) is 11.8. The molecule has 0 aliphatic carbocycles. The van der Waals surface area contributed by atoms with Crippen LogP contribution < -0.4 is 4.90 Å². The van der Waals surface area contributed by atoms with Crippen LogP contribution in [0.2, 0.25) is 0 Å². The number of hydrogen-bond acceptors (Lipinski definition) is 5. The molecule has 5 heteroatoms. The smallest absolute Gasteiger partial charge is 0.165 e. The third-order valence-electron chi connectivity index (χ3n) is 2.85. The number of aromatic hydroxyl groups is 1. The van der Waals surface area contributed by atoms with Gasteiger partial charge in [-0.1, -0.05) is 12.1 Å². The van der Waals surface area contributed by atoms with E-state index in [1.807, 2.05) is 25.1 Å². The van der Waals surface area contributed by atoms with Gasteiger partial charge in [-0.05, 0) is 19.1 Å². The van der Waals surface area contributed by atoms with Crippen molar-refractivity contribution in [1.82, 2.24) is 9.97 Å². The van der Waals surface area contributed by atoms with Gasteiger partial charge in [-0.25, -0.2) is 9.97 Å². The first-order valence-electron chi connectivity index (χ1n) is 6.30. The molecule has 1 aromatic carbocycles. The first-order chi connectivity index (χ1) is 9.49. The normalized spacial score (nSPS) is 10.3. The molecule has 20 heavy (non-hydrogen) atoms. The van der Waals surface area contributed by atoms with Crippen molar-refractivity contribution in [2.45, 2.75) is 13.3 Å². The van der Waals surface area contributed by atoms with Crippen molar-refractivity contribution in [3.63, 3.8) is 0 Å². The number of nitrogens with zero attached hydrogens (tertiary/aromatic N) is 3. The Morgan fingerprint density at radius 1 is 1.30 bits per heavy atom. The fourth-order valence-electron chi connectivity index (χ4n) is 1.97. The number of benzene rings is 1. The molecule has 0 radical (unpaired) electrons. The number of rotatable bonds is 4. The van der Waals surface area contributed by atoms with Gasteiger partial charge in [0.05, 0.1) is 5.56 Å². The van der Waals surface area contributed by atoms with E-state index in [9.17, 15) is 9.90 Å². The Morgan fingerprint density at radius 3 is 2.60 bits per heavy atom. The molecule has 0 aliphatic rings. The molecule has 1 N–H and O–H groups in total. The van der Waals surface area contributed by atoms with Gasteiger partial charge in [0, 0.05) is 32.3 Å². The molecular formula is C15H17N3O2. The number of para-hydroxylation sites is 1. The third kappa shape index (κ3) is 2.93. The van der Waals surface area contributed by atoms with Crippen molar-refractivity contribution in [1.29, 1.82) is 0 Å². The molecule has 1 heterocycles. The lowest BCUT2D eigenvalue weighted by molar-refractivity contribution is -0.116. The van der Waals surface area contributed by atoms with Crippen LogP contribution in [0.15, 0.2) is 30.5 Å². The van der Waals surface area contributed by atoms with Crippen LogP contribution in [0.1, 0.15) is 12.5 Å². The number of carbonyl (C=O) groups is 1. The molecule has 2 aromatic rings. The van der Waals surface area contributed by atoms with E-state index in [4.69, 9.17) is 0 Å². The molecule has 104 valence electrons. The van der Waals surface area contributed by atoms with Gasteiger partial charge in [0.25, 0.3) is 0 Å². The lowest BCUT2D eigenvalue weighted by atomic mass is 10.1. The Labute approximate surface area is 117 Å². The van der Waals surface area contributed by atoms with Crippen LogP contribution in [0.4, 0.5) is 5.82 Å². The summed E-state index contributed by atoms with van der Waals surface area (Å²) >= 11 is 0. The second kappa shape index (κ2) is 5.69. The number of Topliss-reactive ketones (excluding diaryl/α,β-unsaturated/α-hetero) is 1. The molecular weight excluding hydrogens is 254 g/mol. The van der Waals surface area contributed by atoms with Gasteiger partial charge < -0.3 is 10.0 Å². The average molecular weight is 271 g/mol. The van der Waals surface area contributed by atoms with E-state index in [1.165, 1.54) is 6.92 Å². The summed E-state index contributed by atoms with van der Waals surface area (Å²) in [6.07, 6.45) is 1.94. The quantitative estimate of drug-likeness (QED) is 0.921. The Hall–Kier alpha value is -2.43. The summed E-state index contributed by atoms with van der Waals surface area (Å²) in [5, 5.41) is 9.86. The van der Waals surface area contributed by atoms with E-state index >= 15 is 0 Å². The molecule has 2 rings (SSSR count). The lowest BCUT2D eigenvalue weighted by Crippen LogP contribution is -2.15. The van der Waals surface area contributed by atoms with Crippen LogP contribution >= 0.6 is 0 Å². The van der Waals surface area contributed by atoms with Gasteiger partial charge in [-0.3, -0.25) is 4.79 Å². The SMILES string of the molecule is CC(=O)Cc1cnc(-c2ccccc2O)nc1N(C)C. The topological polar surface area (TPSA) is 66.3 Å². The Kier molecular flexibility index (Phi) is 3.98. The summed E-state index contributed by atoms with van der Waals surface area (Å²) < 4.78 is 0. The highest BCUT2D eigenvalue weighted by atomic mass is 16.3. The van der Waals surface area contributed by atoms with Crippen LogP contribution in [0.3, 0.4) is 0 Å². The fourth-order valence-corrected chi connectivity index (χ4v) is 1.97. The molecule has 1 aromatic heterocycles. The van der Waals surface area contributed by atoms with E-state index < -0.39 is 0 Å². The molecule has 0 amide bonds. The molecule has 0 atom stereocenters. The number of aromatic nitrogens is 2. The van der Waals surface area contributed by atoms with Gasteiger partial charge in [-0.2, -0.15) is 0 Å². The van der Waals surface area contributed by atoms with Gasteiger partial charge in [0.15, 0.2) is 5.82 Å². The zero-order valence-electron chi connectivity index (χ0n) is 11.8. The minimum atomic E-state index is 0.0620. The maximum absolute atomic E-state index is 11.3. The Bertz CT molecular complexity index is 639. The minimum Gasteiger partial charge on any atom is -0.507 e. The summed E-state index contributed by atoms with van der Waals surface area (Å²) in [4.78, 5) is 21.8. The van der Waals surface area contributed by atoms with Crippen molar-refractivity contribution < 1.29 is 9.90 Å². The van der Waals surface area contributed by atoms with E-state index in [2.05, 4.69) is 9.97 Å². The van der Waals surface area contributed by atoms with E-state index in [0.717, 1.165) is 5.56 Å². The molecule has 0 saturated carbocycles. The second-order valence-corrected chi connectivity index (χ2v) is 4.83. The first kappa shape index (κ1) is 14.0. The summed E-state index contributed by atoms with van der Waals surface area (Å²) in [6.45, 7) is 1.54. The molecule has 0 saturated heterocycles. The lowest BCUT2D eigenvalue weighted by Gasteiger charge is -2.16. The Balaban J connectivity index is 2.50. The second-order valence-electron chi connectivity index (χ2n) is 4.83. The van der Waals surface area contributed by atoms with Gasteiger partial charge in [0.1, 0.15) is 17.4 Å². The monoisotopic (exact) mass is 271 g/mol. The van der Waals surface area contributed by atoms with Crippen LogP contribution in [0.5, 0.6) is 5.75 Å². The van der Waals surface area contributed by atoms with Crippen molar-refractivity contribution >= 4 is 11.6 Å². The largest absolute Gasteiger partial charge is 0.507 e. The van der Waals surface area contributed by atoms with Crippen molar-refractivity contribution in [2.75, 3.05) is 19.0 Å². The molecule has 0 spiro atoms. The minimum absolute atomic E-state index is 0.0620. The van der Waals surface area contributed by atoms with Crippen LogP contribution in [-0.4, -0.2) is 35.0 Å². The Morgan fingerprint density at radius 2 is 2.00 bits per heavy atom. The van der Waals surface area contributed by atoms with Crippen molar-refractivity contribution in [3.8, 4) is 17.1 Å². The molecule has 0 bridgehead atoms. The van der Waals surface area contributed by atoms with Gasteiger partial charge in [0.2, 0.25) is 0 Å². The number of anilines is 1.